The molecule has 1 aromatic heterocycles. The van der Waals surface area contributed by atoms with Crippen molar-refractivity contribution in [2.75, 3.05) is 12.9 Å². The highest BCUT2D eigenvalue weighted by Gasteiger charge is 2.45. The number of aliphatic hydroxyl groups is 1. The quantitative estimate of drug-likeness (QED) is 0.608. The summed E-state index contributed by atoms with van der Waals surface area (Å²) in [5, 5.41) is 11.4. The molecule has 1 aromatic carbocycles. The molecule has 3 aliphatic heterocycles. The summed E-state index contributed by atoms with van der Waals surface area (Å²) in [4.78, 5) is 22.4. The fourth-order valence-corrected chi connectivity index (χ4v) is 4.65. The van der Waals surface area contributed by atoms with Crippen molar-refractivity contribution < 1.29 is 14.6 Å². The SMILES string of the molecule is COc1ccc2nc(SC[C@@H]3CC(O)[C@H](N4C=NC5C(N)=NC=NC54)O3)[nH]c2c1. The fraction of sp³-hybridized carbons (Fsp3) is 0.444. The lowest BCUT2D eigenvalue weighted by Gasteiger charge is -2.31. The number of ether oxygens (including phenoxy) is 2. The van der Waals surface area contributed by atoms with Gasteiger partial charge in [-0.25, -0.2) is 15.0 Å². The van der Waals surface area contributed by atoms with Crippen LogP contribution >= 0.6 is 11.8 Å². The second-order valence-corrected chi connectivity index (χ2v) is 8.09. The number of aliphatic imine (C=N–C) groups is 3. The fourth-order valence-electron chi connectivity index (χ4n) is 3.74. The summed E-state index contributed by atoms with van der Waals surface area (Å²) in [5.74, 6) is 1.87. The number of fused-ring (bicyclic) bond motifs is 2. The predicted octanol–water partition coefficient (Wildman–Crippen LogP) is 0.577. The Kier molecular flexibility index (Phi) is 4.64. The van der Waals surface area contributed by atoms with Gasteiger partial charge < -0.3 is 30.2 Å². The van der Waals surface area contributed by atoms with Gasteiger partial charge in [0.15, 0.2) is 17.6 Å². The molecule has 0 radical (unpaired) electrons. The standard InChI is InChI=1S/C18H21N7O3S/c1-27-9-2-3-11-12(4-9)24-18(23-11)29-6-10-5-13(26)17(28-10)25-8-22-14-15(19)20-7-21-16(14)25/h2-4,7-8,10,13-14,16-17,26H,5-6H2,1H3,(H,23,24)(H2,19,20,21)/t10-,13?,14?,16?,17+/m0/s1. The minimum atomic E-state index is -0.638. The van der Waals surface area contributed by atoms with Crippen LogP contribution < -0.4 is 10.5 Å². The second kappa shape index (κ2) is 7.32. The van der Waals surface area contributed by atoms with Crippen molar-refractivity contribution in [2.45, 2.75) is 42.2 Å². The van der Waals surface area contributed by atoms with E-state index in [0.717, 1.165) is 21.9 Å². The summed E-state index contributed by atoms with van der Waals surface area (Å²) in [5.41, 5.74) is 7.70. The molecule has 29 heavy (non-hydrogen) atoms. The van der Waals surface area contributed by atoms with Crippen LogP contribution in [0.4, 0.5) is 0 Å². The van der Waals surface area contributed by atoms with Crippen LogP contribution in [0.25, 0.3) is 11.0 Å². The van der Waals surface area contributed by atoms with Crippen molar-refractivity contribution in [3.63, 3.8) is 0 Å². The van der Waals surface area contributed by atoms with Crippen LogP contribution in [0.1, 0.15) is 6.42 Å². The number of thioether (sulfide) groups is 1. The summed E-state index contributed by atoms with van der Waals surface area (Å²) < 4.78 is 11.4. The maximum absolute atomic E-state index is 10.6. The molecule has 0 saturated carbocycles. The molecule has 0 amide bonds. The maximum Gasteiger partial charge on any atom is 0.166 e. The van der Waals surface area contributed by atoms with Gasteiger partial charge in [0.2, 0.25) is 0 Å². The van der Waals surface area contributed by atoms with Crippen molar-refractivity contribution in [3.8, 4) is 5.75 Å². The molecule has 5 rings (SSSR count). The number of aromatic nitrogens is 2. The zero-order valence-corrected chi connectivity index (χ0v) is 16.5. The van der Waals surface area contributed by atoms with Crippen molar-refractivity contribution >= 4 is 41.3 Å². The average molecular weight is 415 g/mol. The molecule has 2 aromatic rings. The van der Waals surface area contributed by atoms with Crippen LogP contribution in [-0.2, 0) is 4.74 Å². The van der Waals surface area contributed by atoms with E-state index in [1.165, 1.54) is 6.34 Å². The summed E-state index contributed by atoms with van der Waals surface area (Å²) in [6.07, 6.45) is 2.03. The molecule has 0 aliphatic carbocycles. The number of hydrogen-bond acceptors (Lipinski definition) is 10. The van der Waals surface area contributed by atoms with Gasteiger partial charge in [0.1, 0.15) is 30.1 Å². The molecule has 0 spiro atoms. The molecule has 0 bridgehead atoms. The summed E-state index contributed by atoms with van der Waals surface area (Å²) in [7, 11) is 1.64. The number of rotatable bonds is 5. The predicted molar refractivity (Wildman–Crippen MR) is 111 cm³/mol. The highest BCUT2D eigenvalue weighted by Crippen LogP contribution is 2.32. The van der Waals surface area contributed by atoms with Crippen molar-refractivity contribution in [3.05, 3.63) is 18.2 Å². The van der Waals surface area contributed by atoms with E-state index in [1.807, 2.05) is 23.1 Å². The normalized spacial score (nSPS) is 30.8. The van der Waals surface area contributed by atoms with Gasteiger partial charge in [-0.05, 0) is 12.1 Å². The Morgan fingerprint density at radius 3 is 3.17 bits per heavy atom. The number of nitrogens with two attached hydrogens (primary N) is 1. The number of aromatic amines is 1. The molecule has 152 valence electrons. The van der Waals surface area contributed by atoms with Crippen molar-refractivity contribution in [2.24, 2.45) is 20.7 Å². The number of aliphatic hydroxyl groups excluding tert-OH is 1. The highest BCUT2D eigenvalue weighted by atomic mass is 32.2. The molecule has 4 heterocycles. The van der Waals surface area contributed by atoms with Gasteiger partial charge in [0.25, 0.3) is 0 Å². The topological polar surface area (TPSA) is 134 Å². The molecule has 1 saturated heterocycles. The molecule has 3 aliphatic rings. The number of methoxy groups -OCH3 is 1. The third-order valence-corrected chi connectivity index (χ3v) is 6.22. The van der Waals surface area contributed by atoms with Gasteiger partial charge >= 0.3 is 0 Å². The summed E-state index contributed by atoms with van der Waals surface area (Å²) in [6, 6.07) is 5.40. The van der Waals surface area contributed by atoms with E-state index in [1.54, 1.807) is 25.2 Å². The van der Waals surface area contributed by atoms with Gasteiger partial charge in [-0.2, -0.15) is 0 Å². The third kappa shape index (κ3) is 3.34. The molecular weight excluding hydrogens is 394 g/mol. The first-order chi connectivity index (χ1) is 14.1. The van der Waals surface area contributed by atoms with Crippen LogP contribution in [0.5, 0.6) is 5.75 Å². The van der Waals surface area contributed by atoms with E-state index in [0.29, 0.717) is 18.0 Å². The summed E-state index contributed by atoms with van der Waals surface area (Å²) >= 11 is 1.56. The number of benzene rings is 1. The monoisotopic (exact) mass is 415 g/mol. The van der Waals surface area contributed by atoms with Crippen LogP contribution in [0.3, 0.4) is 0 Å². The average Bonchev–Trinajstić information content (AvgIpc) is 3.42. The van der Waals surface area contributed by atoms with Gasteiger partial charge in [-0.1, -0.05) is 11.8 Å². The van der Waals surface area contributed by atoms with E-state index in [4.69, 9.17) is 15.2 Å². The third-order valence-electron chi connectivity index (χ3n) is 5.21. The summed E-state index contributed by atoms with van der Waals surface area (Å²) in [6.45, 7) is 0. The first kappa shape index (κ1) is 18.4. The van der Waals surface area contributed by atoms with Crippen LogP contribution in [-0.4, -0.2) is 82.0 Å². The second-order valence-electron chi connectivity index (χ2n) is 7.08. The number of amidine groups is 1. The zero-order valence-electron chi connectivity index (χ0n) is 15.7. The Morgan fingerprint density at radius 1 is 1.41 bits per heavy atom. The largest absolute Gasteiger partial charge is 0.497 e. The Balaban J connectivity index is 1.22. The van der Waals surface area contributed by atoms with E-state index in [2.05, 4.69) is 24.9 Å². The number of H-pyrrole nitrogens is 1. The molecule has 1 fully saturated rings. The maximum atomic E-state index is 10.6. The Bertz CT molecular complexity index is 1010. The smallest absolute Gasteiger partial charge is 0.166 e. The van der Waals surface area contributed by atoms with E-state index in [9.17, 15) is 5.11 Å². The lowest BCUT2D eigenvalue weighted by Crippen LogP contribution is -2.50. The minimum absolute atomic E-state index is 0.117. The van der Waals surface area contributed by atoms with Gasteiger partial charge in [-0.3, -0.25) is 4.99 Å². The Morgan fingerprint density at radius 2 is 2.31 bits per heavy atom. The van der Waals surface area contributed by atoms with Crippen LogP contribution in [0.2, 0.25) is 0 Å². The first-order valence-electron chi connectivity index (χ1n) is 9.28. The number of imidazole rings is 1. The minimum Gasteiger partial charge on any atom is -0.497 e. The number of hydrogen-bond donors (Lipinski definition) is 3. The zero-order chi connectivity index (χ0) is 20.0. The van der Waals surface area contributed by atoms with E-state index >= 15 is 0 Å². The van der Waals surface area contributed by atoms with E-state index < -0.39 is 12.3 Å². The van der Waals surface area contributed by atoms with E-state index in [-0.39, 0.29) is 18.3 Å². The van der Waals surface area contributed by atoms with Gasteiger partial charge in [-0.15, -0.1) is 0 Å². The van der Waals surface area contributed by atoms with Gasteiger partial charge in [0.05, 0.1) is 30.6 Å². The van der Waals surface area contributed by atoms with Crippen molar-refractivity contribution in [1.29, 1.82) is 0 Å². The number of nitrogens with one attached hydrogen (secondary N) is 1. The molecule has 5 atom stereocenters. The molecular formula is C18H21N7O3S. The molecule has 10 nitrogen and oxygen atoms in total. The number of nitrogens with zero attached hydrogens (tertiary/aromatic N) is 5. The first-order valence-corrected chi connectivity index (χ1v) is 10.3. The highest BCUT2D eigenvalue weighted by molar-refractivity contribution is 7.99. The van der Waals surface area contributed by atoms with Crippen molar-refractivity contribution in [1.82, 2.24) is 14.9 Å². The Labute approximate surface area is 170 Å². The lowest BCUT2D eigenvalue weighted by molar-refractivity contribution is -0.0626. The molecule has 4 N–H and O–H groups in total. The molecule has 3 unspecified atom stereocenters. The Hall–Kier alpha value is -2.63. The van der Waals surface area contributed by atoms with Crippen LogP contribution in [0, 0.1) is 0 Å². The van der Waals surface area contributed by atoms with Crippen LogP contribution in [0.15, 0.2) is 38.3 Å². The van der Waals surface area contributed by atoms with Gasteiger partial charge in [0, 0.05) is 18.2 Å². The lowest BCUT2D eigenvalue weighted by atomic mass is 10.1. The molecule has 11 heteroatoms.